The van der Waals surface area contributed by atoms with Gasteiger partial charge < -0.3 is 9.80 Å². The van der Waals surface area contributed by atoms with Crippen molar-refractivity contribution < 1.29 is 0 Å². The molecule has 2 heterocycles. The molecule has 16 aromatic carbocycles. The number of anilines is 6. The van der Waals surface area contributed by atoms with Gasteiger partial charge in [-0.2, -0.15) is 0 Å². The van der Waals surface area contributed by atoms with E-state index in [0.29, 0.717) is 0 Å². The summed E-state index contributed by atoms with van der Waals surface area (Å²) < 4.78 is 5.32. The topological polar surface area (TPSA) is 6.48 Å². The zero-order valence-corrected chi connectivity index (χ0v) is 56.4. The summed E-state index contributed by atoms with van der Waals surface area (Å²) in [7, 11) is 0. The van der Waals surface area contributed by atoms with E-state index < -0.39 is 0 Å². The van der Waals surface area contributed by atoms with Crippen molar-refractivity contribution in [3.63, 3.8) is 0 Å². The van der Waals surface area contributed by atoms with E-state index in [1.807, 2.05) is 22.7 Å². The molecule has 0 N–H and O–H groups in total. The van der Waals surface area contributed by atoms with Gasteiger partial charge in [0, 0.05) is 74.5 Å². The minimum Gasteiger partial charge on any atom is -0.311 e. The second-order valence-corrected chi connectivity index (χ2v) is 27.4. The standard InChI is InChI=1S/2C48H33NS/c1-3-9-34(10-4-1)36-15-17-37(18-16-36)39-21-28-43(29-22-39)49(42-26-19-38(20-27-42)35-11-5-2-6-12-35)44-30-23-40(24-31-44)41-25-32-48-46(33-41)45-13-7-8-14-47(45)50-48;1-3-9-34(10-4-1)35-15-17-36(18-16-35)37-19-21-38(22-20-37)39-23-28-43(29-24-39)49(42-11-5-2-6-12-42)44-30-25-40(26-31-44)41-27-32-48-46(33-41)45-13-7-8-14-47(45)50-48/h2*1-33H. The Labute approximate surface area is 592 Å². The van der Waals surface area contributed by atoms with E-state index in [4.69, 9.17) is 0 Å². The summed E-state index contributed by atoms with van der Waals surface area (Å²) in [6.07, 6.45) is 0. The maximum absolute atomic E-state index is 2.34. The number of para-hydroxylation sites is 1. The molecule has 0 aliphatic rings. The van der Waals surface area contributed by atoms with Gasteiger partial charge in [0.2, 0.25) is 0 Å². The highest BCUT2D eigenvalue weighted by Gasteiger charge is 2.18. The number of hydrogen-bond donors (Lipinski definition) is 0. The molecule has 0 fully saturated rings. The van der Waals surface area contributed by atoms with Crippen molar-refractivity contribution in [3.05, 3.63) is 400 Å². The molecule has 18 aromatic rings. The van der Waals surface area contributed by atoms with Gasteiger partial charge >= 0.3 is 0 Å². The Hall–Kier alpha value is -12.4. The summed E-state index contributed by atoms with van der Waals surface area (Å²) in [6.45, 7) is 0. The fourth-order valence-electron chi connectivity index (χ4n) is 13.8. The number of fused-ring (bicyclic) bond motifs is 6. The molecule has 0 amide bonds. The minimum absolute atomic E-state index is 1.11. The first-order valence-electron chi connectivity index (χ1n) is 34.0. The lowest BCUT2D eigenvalue weighted by Gasteiger charge is -2.26. The summed E-state index contributed by atoms with van der Waals surface area (Å²) in [6, 6.07) is 144. The Morgan fingerprint density at radius 3 is 0.580 bits per heavy atom. The van der Waals surface area contributed by atoms with E-state index in [1.54, 1.807) is 0 Å². The number of thiophene rings is 2. The van der Waals surface area contributed by atoms with Crippen molar-refractivity contribution in [1.29, 1.82) is 0 Å². The molecule has 0 saturated carbocycles. The van der Waals surface area contributed by atoms with E-state index >= 15 is 0 Å². The maximum atomic E-state index is 2.34. The van der Waals surface area contributed by atoms with E-state index in [2.05, 4.69) is 410 Å². The molecule has 4 heteroatoms. The van der Waals surface area contributed by atoms with Crippen LogP contribution < -0.4 is 9.80 Å². The van der Waals surface area contributed by atoms with Crippen LogP contribution in [0.4, 0.5) is 34.1 Å². The second-order valence-electron chi connectivity index (χ2n) is 25.2. The van der Waals surface area contributed by atoms with Gasteiger partial charge in [0.05, 0.1) is 0 Å². The third-order valence-electron chi connectivity index (χ3n) is 19.0. The van der Waals surface area contributed by atoms with Crippen LogP contribution in [0.1, 0.15) is 0 Å². The number of nitrogens with zero attached hydrogens (tertiary/aromatic N) is 2. The van der Waals surface area contributed by atoms with Crippen molar-refractivity contribution in [3.8, 4) is 89.0 Å². The summed E-state index contributed by atoms with van der Waals surface area (Å²) >= 11 is 3.72. The number of benzene rings is 16. The molecule has 472 valence electrons. The van der Waals surface area contributed by atoms with Crippen LogP contribution in [0.5, 0.6) is 0 Å². The summed E-state index contributed by atoms with van der Waals surface area (Å²) in [5.41, 5.74) is 26.2. The molecule has 0 bridgehead atoms. The summed E-state index contributed by atoms with van der Waals surface area (Å²) in [5, 5.41) is 5.30. The highest BCUT2D eigenvalue weighted by atomic mass is 32.1. The van der Waals surface area contributed by atoms with E-state index in [1.165, 1.54) is 129 Å². The average molecular weight is 1310 g/mol. The van der Waals surface area contributed by atoms with Gasteiger partial charge in [-0.3, -0.25) is 0 Å². The van der Waals surface area contributed by atoms with Gasteiger partial charge in [-0.05, 0) is 198 Å². The average Bonchev–Trinajstić information content (AvgIpc) is 1.53. The van der Waals surface area contributed by atoms with Crippen LogP contribution in [0, 0.1) is 0 Å². The van der Waals surface area contributed by atoms with Gasteiger partial charge in [-0.25, -0.2) is 0 Å². The Morgan fingerprint density at radius 2 is 0.310 bits per heavy atom. The Bertz CT molecular complexity index is 5800. The van der Waals surface area contributed by atoms with Crippen LogP contribution >= 0.6 is 22.7 Å². The smallest absolute Gasteiger partial charge is 0.0462 e. The normalized spacial score (nSPS) is 11.2. The third-order valence-corrected chi connectivity index (χ3v) is 21.3. The molecule has 0 atom stereocenters. The van der Waals surface area contributed by atoms with Crippen LogP contribution in [0.3, 0.4) is 0 Å². The van der Waals surface area contributed by atoms with Crippen LogP contribution in [0.15, 0.2) is 400 Å². The van der Waals surface area contributed by atoms with Gasteiger partial charge in [0.25, 0.3) is 0 Å². The van der Waals surface area contributed by atoms with Crippen LogP contribution in [-0.4, -0.2) is 0 Å². The van der Waals surface area contributed by atoms with Gasteiger partial charge in [-0.1, -0.05) is 291 Å². The fourth-order valence-corrected chi connectivity index (χ4v) is 15.9. The van der Waals surface area contributed by atoms with E-state index in [9.17, 15) is 0 Å². The monoisotopic (exact) mass is 1310 g/mol. The number of rotatable bonds is 14. The molecular weight excluding hydrogens is 1250 g/mol. The maximum Gasteiger partial charge on any atom is 0.0462 e. The molecule has 100 heavy (non-hydrogen) atoms. The molecule has 0 aliphatic heterocycles. The van der Waals surface area contributed by atoms with Crippen LogP contribution in [-0.2, 0) is 0 Å². The third kappa shape index (κ3) is 12.7. The predicted molar refractivity (Wildman–Crippen MR) is 432 cm³/mol. The fraction of sp³-hybridized carbons (Fsp3) is 0. The zero-order chi connectivity index (χ0) is 66.6. The van der Waals surface area contributed by atoms with Crippen molar-refractivity contribution in [2.75, 3.05) is 9.80 Å². The Kier molecular flexibility index (Phi) is 16.9. The zero-order valence-electron chi connectivity index (χ0n) is 54.8. The lowest BCUT2D eigenvalue weighted by atomic mass is 9.98. The Balaban J connectivity index is 0.000000150. The van der Waals surface area contributed by atoms with Crippen molar-refractivity contribution in [1.82, 2.24) is 0 Å². The summed E-state index contributed by atoms with van der Waals surface area (Å²) in [5.74, 6) is 0. The van der Waals surface area contributed by atoms with Crippen LogP contribution in [0.2, 0.25) is 0 Å². The predicted octanol–water partition coefficient (Wildman–Crippen LogP) is 28.4. The summed E-state index contributed by atoms with van der Waals surface area (Å²) in [4.78, 5) is 4.67. The molecule has 0 radical (unpaired) electrons. The quantitative estimate of drug-likeness (QED) is 0.107. The van der Waals surface area contributed by atoms with Crippen molar-refractivity contribution in [2.24, 2.45) is 0 Å². The largest absolute Gasteiger partial charge is 0.311 e. The SMILES string of the molecule is c1ccc(-c2ccc(-c3ccc(-c4ccc(N(c5ccccc5)c5ccc(-c6ccc7sc8ccccc8c7c6)cc5)cc4)cc3)cc2)cc1.c1ccc(-c2ccc(-c3ccc(N(c4ccc(-c5ccccc5)cc4)c4ccc(-c5ccc6sc7ccccc7c6c5)cc4)cc3)cc2)cc1. The van der Waals surface area contributed by atoms with Gasteiger partial charge in [-0.15, -0.1) is 22.7 Å². The lowest BCUT2D eigenvalue weighted by molar-refractivity contribution is 1.28. The first-order valence-corrected chi connectivity index (χ1v) is 35.6. The van der Waals surface area contributed by atoms with Crippen LogP contribution in [0.25, 0.3) is 129 Å². The highest BCUT2D eigenvalue weighted by molar-refractivity contribution is 7.26. The molecular formula is C96H66N2S2. The molecule has 2 nitrogen and oxygen atoms in total. The molecule has 18 rings (SSSR count). The first-order chi connectivity index (χ1) is 49.5. The molecule has 0 saturated heterocycles. The van der Waals surface area contributed by atoms with E-state index in [0.717, 1.165) is 34.1 Å². The van der Waals surface area contributed by atoms with Crippen molar-refractivity contribution >= 4 is 97.1 Å². The van der Waals surface area contributed by atoms with Gasteiger partial charge in [0.15, 0.2) is 0 Å². The second kappa shape index (κ2) is 27.6. The molecule has 0 unspecified atom stereocenters. The van der Waals surface area contributed by atoms with E-state index in [-0.39, 0.29) is 0 Å². The lowest BCUT2D eigenvalue weighted by Crippen LogP contribution is -2.09. The van der Waals surface area contributed by atoms with Gasteiger partial charge in [0.1, 0.15) is 0 Å². The minimum atomic E-state index is 1.11. The molecule has 0 spiro atoms. The van der Waals surface area contributed by atoms with Crippen molar-refractivity contribution in [2.45, 2.75) is 0 Å². The molecule has 0 aliphatic carbocycles. The number of hydrogen-bond acceptors (Lipinski definition) is 4. The molecule has 2 aromatic heterocycles. The first kappa shape index (κ1) is 61.2. The Morgan fingerprint density at radius 1 is 0.130 bits per heavy atom. The highest BCUT2D eigenvalue weighted by Crippen LogP contribution is 2.43.